The lowest BCUT2D eigenvalue weighted by Crippen LogP contribution is -2.37. The predicted octanol–water partition coefficient (Wildman–Crippen LogP) is 3.31. The monoisotopic (exact) mass is 366 g/mol. The number of benzene rings is 2. The van der Waals surface area contributed by atoms with E-state index >= 15 is 0 Å². The number of carbonyl (C=O) groups is 1. The minimum absolute atomic E-state index is 0.268. The molecule has 0 fully saturated rings. The standard InChI is InChI=1S/C17H19ClN2O3S/c1-3-13-8-4-6-10-15(13)19-17(21)12-20(24(2,22)23)16-11-7-5-9-14(16)18/h4-11H,3,12H2,1-2H3,(H,19,21). The van der Waals surface area contributed by atoms with E-state index in [1.54, 1.807) is 30.3 Å². The van der Waals surface area contributed by atoms with E-state index in [1.165, 1.54) is 0 Å². The molecule has 2 aromatic rings. The van der Waals surface area contributed by atoms with Crippen LogP contribution < -0.4 is 9.62 Å². The first-order chi connectivity index (χ1) is 11.3. The number of aryl methyl sites for hydroxylation is 1. The summed E-state index contributed by atoms with van der Waals surface area (Å²) in [7, 11) is -3.66. The van der Waals surface area contributed by atoms with Gasteiger partial charge in [-0.2, -0.15) is 0 Å². The Morgan fingerprint density at radius 1 is 1.12 bits per heavy atom. The summed E-state index contributed by atoms with van der Waals surface area (Å²) >= 11 is 6.08. The number of halogens is 1. The molecule has 0 aliphatic rings. The number of anilines is 2. The zero-order valence-corrected chi connectivity index (χ0v) is 15.1. The minimum Gasteiger partial charge on any atom is -0.324 e. The lowest BCUT2D eigenvalue weighted by atomic mass is 10.1. The molecule has 0 saturated heterocycles. The van der Waals surface area contributed by atoms with Crippen LogP contribution in [0.15, 0.2) is 48.5 Å². The molecule has 0 unspecified atom stereocenters. The first kappa shape index (κ1) is 18.3. The average molecular weight is 367 g/mol. The highest BCUT2D eigenvalue weighted by molar-refractivity contribution is 7.92. The first-order valence-corrected chi connectivity index (χ1v) is 9.65. The fourth-order valence-electron chi connectivity index (χ4n) is 2.31. The number of rotatable bonds is 6. The molecule has 0 bridgehead atoms. The SMILES string of the molecule is CCc1ccccc1NC(=O)CN(c1ccccc1Cl)S(C)(=O)=O. The number of amides is 1. The van der Waals surface area contributed by atoms with Crippen LogP contribution >= 0.6 is 11.6 Å². The first-order valence-electron chi connectivity index (χ1n) is 7.43. The van der Waals surface area contributed by atoms with Crippen LogP contribution in [0.5, 0.6) is 0 Å². The summed E-state index contributed by atoms with van der Waals surface area (Å²) in [6.07, 6.45) is 1.81. The molecule has 2 aromatic carbocycles. The van der Waals surface area contributed by atoms with E-state index in [0.29, 0.717) is 5.69 Å². The Hall–Kier alpha value is -2.05. The van der Waals surface area contributed by atoms with E-state index in [-0.39, 0.29) is 17.3 Å². The zero-order valence-electron chi connectivity index (χ0n) is 13.5. The summed E-state index contributed by atoms with van der Waals surface area (Å²) in [5.74, 6) is -0.429. The maximum Gasteiger partial charge on any atom is 0.245 e. The lowest BCUT2D eigenvalue weighted by molar-refractivity contribution is -0.114. The molecular weight excluding hydrogens is 348 g/mol. The number of sulfonamides is 1. The maximum atomic E-state index is 12.4. The molecule has 24 heavy (non-hydrogen) atoms. The van der Waals surface area contributed by atoms with Crippen molar-refractivity contribution >= 4 is 38.9 Å². The Balaban J connectivity index is 2.25. The van der Waals surface area contributed by atoms with Gasteiger partial charge in [0.1, 0.15) is 6.54 Å². The average Bonchev–Trinajstić information content (AvgIpc) is 2.53. The summed E-state index contributed by atoms with van der Waals surface area (Å²) < 4.78 is 25.2. The summed E-state index contributed by atoms with van der Waals surface area (Å²) in [5.41, 5.74) is 1.94. The smallest absolute Gasteiger partial charge is 0.245 e. The molecule has 0 aliphatic carbocycles. The van der Waals surface area contributed by atoms with E-state index < -0.39 is 15.9 Å². The van der Waals surface area contributed by atoms with Gasteiger partial charge in [0.15, 0.2) is 0 Å². The number of para-hydroxylation sites is 2. The zero-order chi connectivity index (χ0) is 17.7. The van der Waals surface area contributed by atoms with E-state index in [2.05, 4.69) is 5.32 Å². The van der Waals surface area contributed by atoms with E-state index in [9.17, 15) is 13.2 Å². The van der Waals surface area contributed by atoms with Crippen LogP contribution in [0, 0.1) is 0 Å². The van der Waals surface area contributed by atoms with Gasteiger partial charge in [-0.1, -0.05) is 48.9 Å². The van der Waals surface area contributed by atoms with Crippen molar-refractivity contribution < 1.29 is 13.2 Å². The summed E-state index contributed by atoms with van der Waals surface area (Å²) in [5, 5.41) is 3.03. The largest absolute Gasteiger partial charge is 0.324 e. The van der Waals surface area contributed by atoms with Crippen LogP contribution in [0.4, 0.5) is 11.4 Å². The van der Waals surface area contributed by atoms with Crippen molar-refractivity contribution in [3.63, 3.8) is 0 Å². The van der Waals surface area contributed by atoms with Gasteiger partial charge in [-0.05, 0) is 30.2 Å². The Bertz CT molecular complexity index is 837. The molecule has 7 heteroatoms. The molecule has 0 radical (unpaired) electrons. The Morgan fingerprint density at radius 3 is 2.38 bits per heavy atom. The molecule has 0 saturated carbocycles. The molecule has 0 aromatic heterocycles. The second kappa shape index (κ2) is 7.68. The van der Waals surface area contributed by atoms with Gasteiger partial charge in [-0.15, -0.1) is 0 Å². The molecule has 0 spiro atoms. The van der Waals surface area contributed by atoms with Crippen LogP contribution in [-0.4, -0.2) is 27.1 Å². The molecule has 2 rings (SSSR count). The molecule has 128 valence electrons. The topological polar surface area (TPSA) is 66.5 Å². The predicted molar refractivity (Wildman–Crippen MR) is 98.1 cm³/mol. The summed E-state index contributed by atoms with van der Waals surface area (Å²) in [6.45, 7) is 1.64. The van der Waals surface area contributed by atoms with Crippen molar-refractivity contribution in [2.24, 2.45) is 0 Å². The van der Waals surface area contributed by atoms with Gasteiger partial charge in [-0.3, -0.25) is 9.10 Å². The normalized spacial score (nSPS) is 11.1. The van der Waals surface area contributed by atoms with Crippen LogP contribution in [-0.2, 0) is 21.2 Å². The third-order valence-electron chi connectivity index (χ3n) is 3.48. The Labute approximate surface area is 147 Å². The van der Waals surface area contributed by atoms with Crippen molar-refractivity contribution in [3.05, 3.63) is 59.1 Å². The van der Waals surface area contributed by atoms with E-state index in [4.69, 9.17) is 11.6 Å². The highest BCUT2D eigenvalue weighted by Gasteiger charge is 2.23. The fourth-order valence-corrected chi connectivity index (χ4v) is 3.46. The van der Waals surface area contributed by atoms with Crippen LogP contribution in [0.25, 0.3) is 0 Å². The van der Waals surface area contributed by atoms with Crippen molar-refractivity contribution in [3.8, 4) is 0 Å². The van der Waals surface area contributed by atoms with E-state index in [1.807, 2.05) is 25.1 Å². The van der Waals surface area contributed by atoms with Gasteiger partial charge in [-0.25, -0.2) is 8.42 Å². The molecule has 0 aliphatic heterocycles. The molecule has 1 amide bonds. The molecule has 5 nitrogen and oxygen atoms in total. The lowest BCUT2D eigenvalue weighted by Gasteiger charge is -2.23. The van der Waals surface area contributed by atoms with Gasteiger partial charge in [0.2, 0.25) is 15.9 Å². The van der Waals surface area contributed by atoms with Gasteiger partial charge in [0, 0.05) is 5.69 Å². The molecule has 0 heterocycles. The number of hydrogen-bond donors (Lipinski definition) is 1. The van der Waals surface area contributed by atoms with E-state index in [0.717, 1.165) is 22.5 Å². The summed E-state index contributed by atoms with van der Waals surface area (Å²) in [4.78, 5) is 12.4. The van der Waals surface area contributed by atoms with Gasteiger partial charge < -0.3 is 5.32 Å². The Kier molecular flexibility index (Phi) is 5.85. The van der Waals surface area contributed by atoms with Gasteiger partial charge in [0.25, 0.3) is 0 Å². The third-order valence-corrected chi connectivity index (χ3v) is 4.93. The number of nitrogens with one attached hydrogen (secondary N) is 1. The van der Waals surface area contributed by atoms with Crippen molar-refractivity contribution in [2.45, 2.75) is 13.3 Å². The van der Waals surface area contributed by atoms with Gasteiger partial charge >= 0.3 is 0 Å². The van der Waals surface area contributed by atoms with Crippen molar-refractivity contribution in [1.29, 1.82) is 0 Å². The molecule has 0 atom stereocenters. The minimum atomic E-state index is -3.66. The highest BCUT2D eigenvalue weighted by atomic mass is 35.5. The van der Waals surface area contributed by atoms with Crippen LogP contribution in [0.1, 0.15) is 12.5 Å². The highest BCUT2D eigenvalue weighted by Crippen LogP contribution is 2.27. The second-order valence-electron chi connectivity index (χ2n) is 5.28. The second-order valence-corrected chi connectivity index (χ2v) is 7.59. The number of nitrogens with zero attached hydrogens (tertiary/aromatic N) is 1. The Morgan fingerprint density at radius 2 is 1.75 bits per heavy atom. The maximum absolute atomic E-state index is 12.4. The summed E-state index contributed by atoms with van der Waals surface area (Å²) in [6, 6.07) is 13.9. The van der Waals surface area contributed by atoms with Crippen LogP contribution in [0.3, 0.4) is 0 Å². The number of hydrogen-bond acceptors (Lipinski definition) is 3. The molecular formula is C17H19ClN2O3S. The van der Waals surface area contributed by atoms with Crippen LogP contribution in [0.2, 0.25) is 5.02 Å². The molecule has 1 N–H and O–H groups in total. The van der Waals surface area contributed by atoms with Crippen molar-refractivity contribution in [2.75, 3.05) is 22.4 Å². The third kappa shape index (κ3) is 4.49. The quantitative estimate of drug-likeness (QED) is 0.852. The van der Waals surface area contributed by atoms with Crippen molar-refractivity contribution in [1.82, 2.24) is 0 Å². The number of carbonyl (C=O) groups excluding carboxylic acids is 1. The van der Waals surface area contributed by atoms with Gasteiger partial charge in [0.05, 0.1) is 17.0 Å². The fraction of sp³-hybridized carbons (Fsp3) is 0.235.